The van der Waals surface area contributed by atoms with Gasteiger partial charge in [0.25, 0.3) is 0 Å². The van der Waals surface area contributed by atoms with Crippen molar-refractivity contribution in [3.63, 3.8) is 0 Å². The molecule has 1 heterocycles. The molecule has 1 aliphatic rings. The summed E-state index contributed by atoms with van der Waals surface area (Å²) in [5.41, 5.74) is 1.83. The van der Waals surface area contributed by atoms with E-state index >= 15 is 0 Å². The van der Waals surface area contributed by atoms with Crippen LogP contribution in [0.4, 0.5) is 9.52 Å². The fraction of sp³-hybridized carbons (Fsp3) is 0.375. The molecule has 0 spiro atoms. The summed E-state index contributed by atoms with van der Waals surface area (Å²) in [6.45, 7) is 0. The summed E-state index contributed by atoms with van der Waals surface area (Å²) in [6, 6.07) is 6.17. The van der Waals surface area contributed by atoms with Crippen LogP contribution in [0.3, 0.4) is 0 Å². The Kier molecular flexibility index (Phi) is 4.01. The highest BCUT2D eigenvalue weighted by atomic mass is 32.1. The standard InChI is InChI=1S/C16H17FN2OS/c1-19(15(20)10-11-5-4-6-12(17)9-11)16-18-13-7-2-3-8-14(13)21-16/h4-6,9H,2-3,7-8,10H2,1H3. The predicted molar refractivity (Wildman–Crippen MR) is 82.3 cm³/mol. The number of benzene rings is 1. The number of aryl methyl sites for hydroxylation is 2. The van der Waals surface area contributed by atoms with E-state index in [1.807, 2.05) is 0 Å². The molecule has 3 rings (SSSR count). The minimum Gasteiger partial charge on any atom is -0.291 e. The molecule has 1 aromatic heterocycles. The van der Waals surface area contributed by atoms with Gasteiger partial charge in [-0.05, 0) is 43.4 Å². The predicted octanol–water partition coefficient (Wildman–Crippen LogP) is 3.37. The number of nitrogens with zero attached hydrogens (tertiary/aromatic N) is 2. The molecule has 0 saturated heterocycles. The molecule has 0 fully saturated rings. The third-order valence-electron chi connectivity index (χ3n) is 3.74. The molecule has 0 saturated carbocycles. The smallest absolute Gasteiger partial charge is 0.232 e. The summed E-state index contributed by atoms with van der Waals surface area (Å²) >= 11 is 1.61. The lowest BCUT2D eigenvalue weighted by molar-refractivity contribution is -0.117. The second kappa shape index (κ2) is 5.93. The quantitative estimate of drug-likeness (QED) is 0.871. The van der Waals surface area contributed by atoms with Gasteiger partial charge in [-0.3, -0.25) is 9.69 Å². The van der Waals surface area contributed by atoms with E-state index in [1.165, 1.54) is 29.9 Å². The Bertz CT molecular complexity index is 645. The first-order valence-corrected chi connectivity index (χ1v) is 7.95. The van der Waals surface area contributed by atoms with Crippen molar-refractivity contribution in [3.05, 3.63) is 46.2 Å². The van der Waals surface area contributed by atoms with Gasteiger partial charge >= 0.3 is 0 Å². The van der Waals surface area contributed by atoms with Crippen LogP contribution in [0.25, 0.3) is 0 Å². The third kappa shape index (κ3) is 3.13. The molecule has 5 heteroatoms. The molecule has 0 N–H and O–H groups in total. The summed E-state index contributed by atoms with van der Waals surface area (Å²) in [4.78, 5) is 19.8. The first-order chi connectivity index (χ1) is 10.1. The molecule has 0 radical (unpaired) electrons. The van der Waals surface area contributed by atoms with Crippen molar-refractivity contribution in [1.82, 2.24) is 4.98 Å². The van der Waals surface area contributed by atoms with Crippen molar-refractivity contribution in [1.29, 1.82) is 0 Å². The van der Waals surface area contributed by atoms with Crippen LogP contribution >= 0.6 is 11.3 Å². The van der Waals surface area contributed by atoms with Gasteiger partial charge in [-0.25, -0.2) is 9.37 Å². The number of anilines is 1. The number of amides is 1. The van der Waals surface area contributed by atoms with E-state index in [0.717, 1.165) is 23.7 Å². The summed E-state index contributed by atoms with van der Waals surface area (Å²) in [5, 5.41) is 0.753. The van der Waals surface area contributed by atoms with E-state index in [1.54, 1.807) is 35.4 Å². The molecular weight excluding hydrogens is 287 g/mol. The average Bonchev–Trinajstić information content (AvgIpc) is 2.90. The Hall–Kier alpha value is -1.75. The number of carbonyl (C=O) groups is 1. The molecule has 1 aromatic carbocycles. The second-order valence-corrected chi connectivity index (χ2v) is 6.39. The van der Waals surface area contributed by atoms with Crippen molar-refractivity contribution in [2.75, 3.05) is 11.9 Å². The highest BCUT2D eigenvalue weighted by molar-refractivity contribution is 7.15. The number of hydrogen-bond acceptors (Lipinski definition) is 3. The maximum atomic E-state index is 13.2. The van der Waals surface area contributed by atoms with E-state index < -0.39 is 0 Å². The zero-order valence-corrected chi connectivity index (χ0v) is 12.8. The highest BCUT2D eigenvalue weighted by Crippen LogP contribution is 2.31. The Morgan fingerprint density at radius 1 is 1.38 bits per heavy atom. The molecule has 0 aliphatic heterocycles. The molecule has 0 atom stereocenters. The van der Waals surface area contributed by atoms with Crippen LogP contribution in [-0.4, -0.2) is 17.9 Å². The lowest BCUT2D eigenvalue weighted by Crippen LogP contribution is -2.27. The van der Waals surface area contributed by atoms with Crippen LogP contribution in [0.1, 0.15) is 29.0 Å². The first kappa shape index (κ1) is 14.2. The molecule has 2 aromatic rings. The van der Waals surface area contributed by atoms with Crippen molar-refractivity contribution in [2.45, 2.75) is 32.1 Å². The van der Waals surface area contributed by atoms with Gasteiger partial charge in [0.2, 0.25) is 5.91 Å². The Labute approximate surface area is 127 Å². The fourth-order valence-corrected chi connectivity index (χ4v) is 3.66. The van der Waals surface area contributed by atoms with Crippen molar-refractivity contribution >= 4 is 22.4 Å². The Morgan fingerprint density at radius 2 is 2.19 bits per heavy atom. The molecule has 3 nitrogen and oxygen atoms in total. The maximum absolute atomic E-state index is 13.2. The summed E-state index contributed by atoms with van der Waals surface area (Å²) in [6.07, 6.45) is 4.65. The van der Waals surface area contributed by atoms with Gasteiger partial charge < -0.3 is 0 Å². The summed E-state index contributed by atoms with van der Waals surface area (Å²) in [5.74, 6) is -0.376. The zero-order chi connectivity index (χ0) is 14.8. The number of carbonyl (C=O) groups excluding carboxylic acids is 1. The summed E-state index contributed by atoms with van der Waals surface area (Å²) in [7, 11) is 1.74. The van der Waals surface area contributed by atoms with Crippen LogP contribution in [0.5, 0.6) is 0 Å². The largest absolute Gasteiger partial charge is 0.291 e. The zero-order valence-electron chi connectivity index (χ0n) is 11.9. The number of halogens is 1. The van der Waals surface area contributed by atoms with Crippen LogP contribution < -0.4 is 4.90 Å². The van der Waals surface area contributed by atoms with E-state index in [9.17, 15) is 9.18 Å². The SMILES string of the molecule is CN(C(=O)Cc1cccc(F)c1)c1nc2c(s1)CCCC2. The maximum Gasteiger partial charge on any atom is 0.232 e. The lowest BCUT2D eigenvalue weighted by Gasteiger charge is -2.13. The van der Waals surface area contributed by atoms with Crippen molar-refractivity contribution in [3.8, 4) is 0 Å². The fourth-order valence-electron chi connectivity index (χ4n) is 2.53. The molecule has 1 aliphatic carbocycles. The normalized spacial score (nSPS) is 13.8. The molecule has 0 bridgehead atoms. The second-order valence-electron chi connectivity index (χ2n) is 5.33. The Balaban J connectivity index is 1.73. The van der Waals surface area contributed by atoms with Gasteiger partial charge in [-0.1, -0.05) is 12.1 Å². The first-order valence-electron chi connectivity index (χ1n) is 7.13. The van der Waals surface area contributed by atoms with Crippen LogP contribution in [0, 0.1) is 5.82 Å². The van der Waals surface area contributed by atoms with Gasteiger partial charge in [0, 0.05) is 11.9 Å². The van der Waals surface area contributed by atoms with Gasteiger partial charge in [0.1, 0.15) is 5.82 Å². The molecule has 1 amide bonds. The topological polar surface area (TPSA) is 33.2 Å². The number of thiazole rings is 1. The van der Waals surface area contributed by atoms with Crippen LogP contribution in [-0.2, 0) is 24.1 Å². The van der Waals surface area contributed by atoms with Crippen LogP contribution in [0.2, 0.25) is 0 Å². The minimum atomic E-state index is -0.312. The van der Waals surface area contributed by atoms with Crippen molar-refractivity contribution in [2.24, 2.45) is 0 Å². The van der Waals surface area contributed by atoms with Gasteiger partial charge in [0.05, 0.1) is 12.1 Å². The number of likely N-dealkylation sites (N-methyl/N-ethyl adjacent to an activating group) is 1. The van der Waals surface area contributed by atoms with E-state index in [2.05, 4.69) is 4.98 Å². The minimum absolute atomic E-state index is 0.0632. The average molecular weight is 304 g/mol. The van der Waals surface area contributed by atoms with E-state index in [0.29, 0.717) is 5.56 Å². The number of fused-ring (bicyclic) bond motifs is 1. The number of hydrogen-bond donors (Lipinski definition) is 0. The Morgan fingerprint density at radius 3 is 2.95 bits per heavy atom. The van der Waals surface area contributed by atoms with Gasteiger partial charge in [-0.15, -0.1) is 11.3 Å². The number of aromatic nitrogens is 1. The monoisotopic (exact) mass is 304 g/mol. The highest BCUT2D eigenvalue weighted by Gasteiger charge is 2.20. The molecular formula is C16H17FN2OS. The van der Waals surface area contributed by atoms with Crippen molar-refractivity contribution < 1.29 is 9.18 Å². The molecule has 0 unspecified atom stereocenters. The van der Waals surface area contributed by atoms with E-state index in [-0.39, 0.29) is 18.1 Å². The third-order valence-corrected chi connectivity index (χ3v) is 4.97. The lowest BCUT2D eigenvalue weighted by atomic mass is 10.0. The van der Waals surface area contributed by atoms with Gasteiger partial charge in [-0.2, -0.15) is 0 Å². The molecule has 110 valence electrons. The van der Waals surface area contributed by atoms with Crippen LogP contribution in [0.15, 0.2) is 24.3 Å². The molecule has 21 heavy (non-hydrogen) atoms. The van der Waals surface area contributed by atoms with E-state index in [4.69, 9.17) is 0 Å². The summed E-state index contributed by atoms with van der Waals surface area (Å²) < 4.78 is 13.2. The number of rotatable bonds is 3. The van der Waals surface area contributed by atoms with Gasteiger partial charge in [0.15, 0.2) is 5.13 Å².